The van der Waals surface area contributed by atoms with Crippen molar-refractivity contribution < 1.29 is 17.7 Å². The first-order chi connectivity index (χ1) is 10.5. The summed E-state index contributed by atoms with van der Waals surface area (Å²) in [6, 6.07) is 0. The zero-order valence-electron chi connectivity index (χ0n) is 12.0. The van der Waals surface area contributed by atoms with Gasteiger partial charge in [0.2, 0.25) is 10.0 Å². The van der Waals surface area contributed by atoms with Gasteiger partial charge in [0.25, 0.3) is 5.89 Å². The number of nitrogens with one attached hydrogen (secondary N) is 1. The largest absolute Gasteiger partial charge is 0.376 e. The molecule has 9 heteroatoms. The first-order valence-corrected chi connectivity index (χ1v) is 9.45. The number of hydrogen-bond acceptors (Lipinski definition) is 7. The number of sulfonamides is 1. The van der Waals surface area contributed by atoms with Crippen molar-refractivity contribution in [3.8, 4) is 11.5 Å². The van der Waals surface area contributed by atoms with Gasteiger partial charge in [-0.3, -0.25) is 4.72 Å². The summed E-state index contributed by atoms with van der Waals surface area (Å²) >= 11 is 1.40. The van der Waals surface area contributed by atoms with E-state index in [2.05, 4.69) is 14.9 Å². The molecular formula is C13H15N3O4S2. The third-order valence-corrected chi connectivity index (χ3v) is 6.85. The van der Waals surface area contributed by atoms with Crippen molar-refractivity contribution in [3.63, 3.8) is 0 Å². The lowest BCUT2D eigenvalue weighted by Crippen LogP contribution is -2.17. The Morgan fingerprint density at radius 3 is 2.86 bits per heavy atom. The standard InChI is InChI=1S/C13H15N3O4S2/c1-7-14-12(20-15-7)11-9-4-5-19-6-10(9)21-13(11)16-22(17,18)8-2-3-8/h8,16H,2-6H2,1H3. The summed E-state index contributed by atoms with van der Waals surface area (Å²) < 4.78 is 38.0. The maximum atomic E-state index is 12.3. The van der Waals surface area contributed by atoms with Crippen molar-refractivity contribution in [3.05, 3.63) is 16.3 Å². The predicted molar refractivity (Wildman–Crippen MR) is 81.3 cm³/mol. The summed E-state index contributed by atoms with van der Waals surface area (Å²) in [7, 11) is -3.33. The van der Waals surface area contributed by atoms with Gasteiger partial charge >= 0.3 is 0 Å². The minimum absolute atomic E-state index is 0.278. The lowest BCUT2D eigenvalue weighted by atomic mass is 10.1. The molecule has 2 aromatic heterocycles. The minimum atomic E-state index is -3.33. The molecule has 22 heavy (non-hydrogen) atoms. The first kappa shape index (κ1) is 14.2. The van der Waals surface area contributed by atoms with Gasteiger partial charge in [-0.15, -0.1) is 11.3 Å². The third kappa shape index (κ3) is 2.42. The molecule has 0 unspecified atom stereocenters. The van der Waals surface area contributed by atoms with Crippen LogP contribution >= 0.6 is 11.3 Å². The second kappa shape index (κ2) is 5.04. The molecule has 0 bridgehead atoms. The van der Waals surface area contributed by atoms with Crippen LogP contribution in [-0.2, 0) is 27.8 Å². The number of anilines is 1. The Kier molecular flexibility index (Phi) is 3.24. The normalized spacial score (nSPS) is 18.2. The van der Waals surface area contributed by atoms with Crippen LogP contribution in [0.4, 0.5) is 5.00 Å². The molecule has 118 valence electrons. The molecule has 2 aromatic rings. The molecule has 0 atom stereocenters. The molecule has 0 radical (unpaired) electrons. The Labute approximate surface area is 131 Å². The summed E-state index contributed by atoms with van der Waals surface area (Å²) in [6.07, 6.45) is 2.16. The van der Waals surface area contributed by atoms with Crippen molar-refractivity contribution in [2.75, 3.05) is 11.3 Å². The fraction of sp³-hybridized carbons (Fsp3) is 0.538. The monoisotopic (exact) mass is 341 g/mol. The maximum Gasteiger partial charge on any atom is 0.261 e. The second-order valence-corrected chi connectivity index (χ2v) is 8.57. The van der Waals surface area contributed by atoms with Gasteiger partial charge in [-0.25, -0.2) is 8.42 Å². The summed E-state index contributed by atoms with van der Waals surface area (Å²) in [5, 5.41) is 4.10. The van der Waals surface area contributed by atoms with E-state index >= 15 is 0 Å². The predicted octanol–water partition coefficient (Wildman–Crippen LogP) is 2.08. The average molecular weight is 341 g/mol. The quantitative estimate of drug-likeness (QED) is 0.915. The van der Waals surface area contributed by atoms with E-state index in [-0.39, 0.29) is 5.25 Å². The highest BCUT2D eigenvalue weighted by atomic mass is 32.2. The smallest absolute Gasteiger partial charge is 0.261 e. The Hall–Kier alpha value is -1.45. The van der Waals surface area contributed by atoms with E-state index in [4.69, 9.17) is 9.26 Å². The van der Waals surface area contributed by atoms with E-state index in [1.54, 1.807) is 6.92 Å². The van der Waals surface area contributed by atoms with E-state index in [0.29, 0.717) is 41.9 Å². The number of aryl methyl sites for hydroxylation is 1. The molecule has 2 aliphatic rings. The van der Waals surface area contributed by atoms with E-state index < -0.39 is 10.0 Å². The molecular weight excluding hydrogens is 326 g/mol. The van der Waals surface area contributed by atoms with Gasteiger partial charge in [-0.1, -0.05) is 5.16 Å². The van der Waals surface area contributed by atoms with Crippen LogP contribution in [0.3, 0.4) is 0 Å². The van der Waals surface area contributed by atoms with E-state index in [1.807, 2.05) is 0 Å². The average Bonchev–Trinajstić information content (AvgIpc) is 3.17. The molecule has 0 spiro atoms. The molecule has 1 N–H and O–H groups in total. The lowest BCUT2D eigenvalue weighted by Gasteiger charge is -2.12. The van der Waals surface area contributed by atoms with Crippen LogP contribution in [0.25, 0.3) is 11.5 Å². The van der Waals surface area contributed by atoms with E-state index in [0.717, 1.165) is 23.3 Å². The molecule has 0 aromatic carbocycles. The minimum Gasteiger partial charge on any atom is -0.376 e. The van der Waals surface area contributed by atoms with E-state index in [9.17, 15) is 8.42 Å². The van der Waals surface area contributed by atoms with Crippen molar-refractivity contribution in [2.45, 2.75) is 38.0 Å². The molecule has 1 aliphatic carbocycles. The number of nitrogens with zero attached hydrogens (tertiary/aromatic N) is 2. The zero-order valence-corrected chi connectivity index (χ0v) is 13.6. The zero-order chi connectivity index (χ0) is 15.3. The molecule has 1 fully saturated rings. The molecule has 0 amide bonds. The topological polar surface area (TPSA) is 94.3 Å². The van der Waals surface area contributed by atoms with Crippen molar-refractivity contribution in [1.29, 1.82) is 0 Å². The van der Waals surface area contributed by atoms with Crippen molar-refractivity contribution in [1.82, 2.24) is 10.1 Å². The molecule has 0 saturated heterocycles. The number of aromatic nitrogens is 2. The Balaban J connectivity index is 1.81. The van der Waals surface area contributed by atoms with Crippen molar-refractivity contribution in [2.24, 2.45) is 0 Å². The van der Waals surface area contributed by atoms with Crippen LogP contribution in [-0.4, -0.2) is 30.4 Å². The molecule has 1 aliphatic heterocycles. The fourth-order valence-electron chi connectivity index (χ4n) is 2.52. The second-order valence-electron chi connectivity index (χ2n) is 5.50. The van der Waals surface area contributed by atoms with Gasteiger partial charge < -0.3 is 9.26 Å². The van der Waals surface area contributed by atoms with Gasteiger partial charge in [0, 0.05) is 4.88 Å². The number of thiophene rings is 1. The molecule has 7 nitrogen and oxygen atoms in total. The van der Waals surface area contributed by atoms with Crippen LogP contribution < -0.4 is 4.72 Å². The van der Waals surface area contributed by atoms with Gasteiger partial charge in [0.15, 0.2) is 5.82 Å². The van der Waals surface area contributed by atoms with Gasteiger partial charge in [0.1, 0.15) is 5.00 Å². The summed E-state index contributed by atoms with van der Waals surface area (Å²) in [5.74, 6) is 0.892. The number of rotatable bonds is 4. The Bertz CT molecular complexity index is 820. The SMILES string of the molecule is Cc1noc(-c2c(NS(=O)(=O)C3CC3)sc3c2CCOC3)n1. The highest BCUT2D eigenvalue weighted by Gasteiger charge is 2.37. The number of fused-ring (bicyclic) bond motifs is 1. The van der Waals surface area contributed by atoms with Crippen LogP contribution in [0.5, 0.6) is 0 Å². The first-order valence-electron chi connectivity index (χ1n) is 7.09. The van der Waals surface area contributed by atoms with Crippen LogP contribution in [0.1, 0.15) is 29.1 Å². The summed E-state index contributed by atoms with van der Waals surface area (Å²) in [6.45, 7) is 2.84. The number of hydrogen-bond donors (Lipinski definition) is 1. The van der Waals surface area contributed by atoms with E-state index in [1.165, 1.54) is 11.3 Å². The molecule has 1 saturated carbocycles. The molecule has 4 rings (SSSR count). The van der Waals surface area contributed by atoms with Crippen LogP contribution in [0, 0.1) is 6.92 Å². The summed E-state index contributed by atoms with van der Waals surface area (Å²) in [4.78, 5) is 5.28. The lowest BCUT2D eigenvalue weighted by molar-refractivity contribution is 0.113. The fourth-order valence-corrected chi connectivity index (χ4v) is 5.35. The van der Waals surface area contributed by atoms with Gasteiger partial charge in [-0.2, -0.15) is 4.98 Å². The highest BCUT2D eigenvalue weighted by Crippen LogP contribution is 2.44. The Morgan fingerprint density at radius 1 is 1.36 bits per heavy atom. The van der Waals surface area contributed by atoms with Crippen molar-refractivity contribution >= 4 is 26.4 Å². The third-order valence-electron chi connectivity index (χ3n) is 3.76. The molecule has 3 heterocycles. The number of ether oxygens (including phenoxy) is 1. The maximum absolute atomic E-state index is 12.3. The van der Waals surface area contributed by atoms with Crippen LogP contribution in [0.2, 0.25) is 0 Å². The highest BCUT2D eigenvalue weighted by molar-refractivity contribution is 7.93. The van der Waals surface area contributed by atoms with Gasteiger partial charge in [-0.05, 0) is 31.7 Å². The Morgan fingerprint density at radius 2 is 2.18 bits per heavy atom. The van der Waals surface area contributed by atoms with Crippen LogP contribution in [0.15, 0.2) is 4.52 Å². The van der Waals surface area contributed by atoms with Gasteiger partial charge in [0.05, 0.1) is 24.0 Å². The summed E-state index contributed by atoms with van der Waals surface area (Å²) in [5.41, 5.74) is 1.77.